The van der Waals surface area contributed by atoms with Gasteiger partial charge in [-0.25, -0.2) is 0 Å². The molecule has 1 aliphatic rings. The van der Waals surface area contributed by atoms with Gasteiger partial charge in [0.15, 0.2) is 0 Å². The van der Waals surface area contributed by atoms with Crippen LogP contribution in [-0.4, -0.2) is 36.5 Å². The summed E-state index contributed by atoms with van der Waals surface area (Å²) in [6, 6.07) is 19.1. The number of amides is 1. The first-order valence-electron chi connectivity index (χ1n) is 8.31. The summed E-state index contributed by atoms with van der Waals surface area (Å²) in [5.41, 5.74) is 3.01. The summed E-state index contributed by atoms with van der Waals surface area (Å²) in [6.45, 7) is 2.85. The second-order valence-corrected chi connectivity index (χ2v) is 6.40. The summed E-state index contributed by atoms with van der Waals surface area (Å²) in [4.78, 5) is 14.6. The Morgan fingerprint density at radius 1 is 1.09 bits per heavy atom. The highest BCUT2D eigenvalue weighted by atomic mass is 16.1. The zero-order valence-corrected chi connectivity index (χ0v) is 13.8. The first kappa shape index (κ1) is 15.8. The third-order valence-corrected chi connectivity index (χ3v) is 4.63. The van der Waals surface area contributed by atoms with Crippen LogP contribution in [0, 0.1) is 0 Å². The first-order chi connectivity index (χ1) is 11.1. The van der Waals surface area contributed by atoms with Crippen molar-refractivity contribution in [1.82, 2.24) is 10.2 Å². The number of nitrogens with one attached hydrogen (secondary N) is 1. The number of hydrogen-bond acceptors (Lipinski definition) is 2. The van der Waals surface area contributed by atoms with E-state index in [1.165, 1.54) is 18.4 Å². The van der Waals surface area contributed by atoms with Crippen molar-refractivity contribution >= 4 is 5.91 Å². The highest BCUT2D eigenvalue weighted by Gasteiger charge is 2.29. The van der Waals surface area contributed by atoms with Crippen LogP contribution < -0.4 is 5.32 Å². The highest BCUT2D eigenvalue weighted by Crippen LogP contribution is 2.26. The molecule has 0 spiro atoms. The van der Waals surface area contributed by atoms with Gasteiger partial charge < -0.3 is 5.32 Å². The molecule has 120 valence electrons. The molecule has 1 fully saturated rings. The fraction of sp³-hybridized carbons (Fsp3) is 0.350. The average Bonchev–Trinajstić information content (AvgIpc) is 3.44. The molecule has 1 amide bonds. The van der Waals surface area contributed by atoms with Crippen molar-refractivity contribution in [3.05, 3.63) is 60.2 Å². The molecule has 1 atom stereocenters. The molecule has 1 saturated carbocycles. The van der Waals surface area contributed by atoms with Gasteiger partial charge in [-0.2, -0.15) is 0 Å². The monoisotopic (exact) mass is 308 g/mol. The summed E-state index contributed by atoms with van der Waals surface area (Å²) in [5, 5.41) is 3.04. The topological polar surface area (TPSA) is 32.3 Å². The van der Waals surface area contributed by atoms with Crippen LogP contribution in [0.4, 0.5) is 0 Å². The molecule has 1 N–H and O–H groups in total. The van der Waals surface area contributed by atoms with Crippen LogP contribution in [-0.2, 0) is 0 Å². The maximum absolute atomic E-state index is 12.3. The predicted molar refractivity (Wildman–Crippen MR) is 94.5 cm³/mol. The van der Waals surface area contributed by atoms with Gasteiger partial charge in [-0.05, 0) is 50.1 Å². The summed E-state index contributed by atoms with van der Waals surface area (Å²) in [6.07, 6.45) is 2.57. The van der Waals surface area contributed by atoms with Gasteiger partial charge in [0.25, 0.3) is 5.91 Å². The molecule has 3 rings (SSSR count). The summed E-state index contributed by atoms with van der Waals surface area (Å²) >= 11 is 0. The van der Waals surface area contributed by atoms with E-state index in [0.29, 0.717) is 24.2 Å². The van der Waals surface area contributed by atoms with Crippen molar-refractivity contribution in [2.75, 3.05) is 13.6 Å². The van der Waals surface area contributed by atoms with Crippen LogP contribution in [0.5, 0.6) is 0 Å². The van der Waals surface area contributed by atoms with E-state index < -0.39 is 0 Å². The smallest absolute Gasteiger partial charge is 0.251 e. The van der Waals surface area contributed by atoms with Crippen LogP contribution in [0.15, 0.2) is 54.6 Å². The normalized spacial score (nSPS) is 15.4. The van der Waals surface area contributed by atoms with E-state index in [-0.39, 0.29) is 5.91 Å². The van der Waals surface area contributed by atoms with Gasteiger partial charge in [0.2, 0.25) is 0 Å². The number of benzene rings is 2. The second-order valence-electron chi connectivity index (χ2n) is 6.40. The van der Waals surface area contributed by atoms with Gasteiger partial charge in [0.1, 0.15) is 0 Å². The van der Waals surface area contributed by atoms with Crippen LogP contribution in [0.3, 0.4) is 0 Å². The Balaban J connectivity index is 1.57. The van der Waals surface area contributed by atoms with E-state index in [0.717, 1.165) is 5.56 Å². The lowest BCUT2D eigenvalue weighted by Crippen LogP contribution is -2.41. The van der Waals surface area contributed by atoms with E-state index in [4.69, 9.17) is 0 Å². The van der Waals surface area contributed by atoms with Crippen molar-refractivity contribution < 1.29 is 4.79 Å². The second kappa shape index (κ2) is 6.97. The van der Waals surface area contributed by atoms with Crippen molar-refractivity contribution in [2.45, 2.75) is 31.8 Å². The fourth-order valence-electron chi connectivity index (χ4n) is 2.77. The lowest BCUT2D eigenvalue weighted by atomic mass is 10.0. The lowest BCUT2D eigenvalue weighted by molar-refractivity contribution is 0.0939. The number of nitrogens with zero attached hydrogens (tertiary/aromatic N) is 1. The van der Waals surface area contributed by atoms with Crippen molar-refractivity contribution in [3.63, 3.8) is 0 Å². The SMILES string of the molecule is CC(CNC(=O)c1ccc(-c2ccccc2)cc1)N(C)C1CC1. The number of carbonyl (C=O) groups is 1. The standard InChI is InChI=1S/C20H24N2O/c1-15(22(2)19-12-13-19)14-21-20(23)18-10-8-17(9-11-18)16-6-4-3-5-7-16/h3-11,15,19H,12-14H2,1-2H3,(H,21,23). The third kappa shape index (κ3) is 3.99. The van der Waals surface area contributed by atoms with E-state index in [9.17, 15) is 4.79 Å². The molecule has 1 aliphatic carbocycles. The Kier molecular flexibility index (Phi) is 4.77. The Morgan fingerprint density at radius 3 is 2.30 bits per heavy atom. The lowest BCUT2D eigenvalue weighted by Gasteiger charge is -2.24. The average molecular weight is 308 g/mol. The fourth-order valence-corrected chi connectivity index (χ4v) is 2.77. The zero-order valence-electron chi connectivity index (χ0n) is 13.8. The predicted octanol–water partition coefficient (Wildman–Crippen LogP) is 3.57. The van der Waals surface area contributed by atoms with E-state index >= 15 is 0 Å². The van der Waals surface area contributed by atoms with Gasteiger partial charge in [0, 0.05) is 24.2 Å². The largest absolute Gasteiger partial charge is 0.350 e. The number of rotatable bonds is 6. The maximum Gasteiger partial charge on any atom is 0.251 e. The van der Waals surface area contributed by atoms with Gasteiger partial charge in [-0.15, -0.1) is 0 Å². The molecule has 3 heteroatoms. The number of hydrogen-bond donors (Lipinski definition) is 1. The maximum atomic E-state index is 12.3. The molecular formula is C20H24N2O. The molecule has 2 aromatic rings. The summed E-state index contributed by atoms with van der Waals surface area (Å²) in [5.74, 6) is 0.000610. The zero-order chi connectivity index (χ0) is 16.2. The van der Waals surface area contributed by atoms with Gasteiger partial charge in [-0.3, -0.25) is 9.69 Å². The third-order valence-electron chi connectivity index (χ3n) is 4.63. The minimum atomic E-state index is 0.000610. The molecule has 0 aromatic heterocycles. The van der Waals surface area contributed by atoms with Crippen LogP contribution in [0.1, 0.15) is 30.1 Å². The molecule has 2 aromatic carbocycles. The number of carbonyl (C=O) groups excluding carboxylic acids is 1. The van der Waals surface area contributed by atoms with Crippen LogP contribution in [0.25, 0.3) is 11.1 Å². The van der Waals surface area contributed by atoms with Gasteiger partial charge >= 0.3 is 0 Å². The van der Waals surface area contributed by atoms with Crippen molar-refractivity contribution in [1.29, 1.82) is 0 Å². The quantitative estimate of drug-likeness (QED) is 0.885. The summed E-state index contributed by atoms with van der Waals surface area (Å²) < 4.78 is 0. The minimum absolute atomic E-state index is 0.000610. The Morgan fingerprint density at radius 2 is 1.70 bits per heavy atom. The summed E-state index contributed by atoms with van der Waals surface area (Å²) in [7, 11) is 2.14. The van der Waals surface area contributed by atoms with Gasteiger partial charge in [-0.1, -0.05) is 42.5 Å². The van der Waals surface area contributed by atoms with Crippen LogP contribution >= 0.6 is 0 Å². The molecule has 0 aliphatic heterocycles. The highest BCUT2D eigenvalue weighted by molar-refractivity contribution is 5.94. The van der Waals surface area contributed by atoms with Crippen molar-refractivity contribution in [2.24, 2.45) is 0 Å². The molecule has 23 heavy (non-hydrogen) atoms. The minimum Gasteiger partial charge on any atom is -0.350 e. The molecule has 0 radical (unpaired) electrons. The Hall–Kier alpha value is -2.13. The van der Waals surface area contributed by atoms with E-state index in [1.54, 1.807) is 0 Å². The molecule has 3 nitrogen and oxygen atoms in total. The van der Waals surface area contributed by atoms with Gasteiger partial charge in [0.05, 0.1) is 0 Å². The Bertz CT molecular complexity index is 647. The van der Waals surface area contributed by atoms with Crippen LogP contribution in [0.2, 0.25) is 0 Å². The van der Waals surface area contributed by atoms with Crippen molar-refractivity contribution in [3.8, 4) is 11.1 Å². The molecule has 0 bridgehead atoms. The molecule has 0 saturated heterocycles. The van der Waals surface area contributed by atoms with E-state index in [1.807, 2.05) is 42.5 Å². The number of likely N-dealkylation sites (N-methyl/N-ethyl adjacent to an activating group) is 1. The molecule has 1 unspecified atom stereocenters. The van der Waals surface area contributed by atoms with E-state index in [2.05, 4.69) is 36.3 Å². The molecular weight excluding hydrogens is 284 g/mol. The Labute approximate surface area is 138 Å². The molecule has 0 heterocycles. The first-order valence-corrected chi connectivity index (χ1v) is 8.31.